The minimum atomic E-state index is -0.239. The molecular weight excluding hydrogens is 525 g/mol. The zero-order chi connectivity index (χ0) is 21.8. The van der Waals surface area contributed by atoms with E-state index in [0.717, 1.165) is 11.1 Å². The van der Waals surface area contributed by atoms with Crippen molar-refractivity contribution in [3.05, 3.63) is 108 Å². The van der Waals surface area contributed by atoms with Crippen LogP contribution in [0.5, 0.6) is 0 Å². The number of aliphatic imine (C=N–C) groups is 1. The first-order valence-corrected chi connectivity index (χ1v) is 12.3. The van der Waals surface area contributed by atoms with Crippen LogP contribution in [0, 0.1) is 0 Å². The third kappa shape index (κ3) is 4.70. The molecule has 2 N–H and O–H groups in total. The molecule has 1 aliphatic carbocycles. The molecule has 1 amide bonds. The van der Waals surface area contributed by atoms with Crippen LogP contribution in [-0.4, -0.2) is 17.9 Å². The fourth-order valence-corrected chi connectivity index (χ4v) is 4.69. The molecule has 1 heterocycles. The third-order valence-corrected chi connectivity index (χ3v) is 6.95. The number of hydrogen-bond donors (Lipinski definition) is 2. The molecule has 0 saturated heterocycles. The SMILES string of the molecule is C=C1C(Cl)=C(NCc2ccc(C(=O)NC3=C[I-]C=CN=C3)cc2)C(=O)c2ccccc21. The molecular formula is C24H18ClIN3O2-. The Kier molecular flexibility index (Phi) is 6.48. The van der Waals surface area contributed by atoms with E-state index >= 15 is 0 Å². The van der Waals surface area contributed by atoms with Gasteiger partial charge in [-0.3, -0.25) is 4.79 Å². The standard InChI is InChI=1S/C24H18ClIN3O2/c1-15-19-4-2-3-5-20(19)23(30)22(21(15)25)28-13-16-6-8-17(9-7-16)24(31)29-18-12-26-10-11-27-14-18/h2-12,14,28H,1,13H2,(H,29,31)/q-1. The Morgan fingerprint density at radius 3 is 2.61 bits per heavy atom. The quantitative estimate of drug-likeness (QED) is 0.561. The second-order valence-corrected chi connectivity index (χ2v) is 9.23. The number of carbonyl (C=O) groups excluding carboxylic acids is 2. The first-order valence-electron chi connectivity index (χ1n) is 9.42. The Bertz CT molecular complexity index is 1190. The number of Topliss-reactive ketones (excluding diaryl/α,β-unsaturated/α-hetero) is 1. The molecule has 2 aromatic carbocycles. The topological polar surface area (TPSA) is 70.6 Å². The number of fused-ring (bicyclic) bond motifs is 1. The van der Waals surface area contributed by atoms with Crippen LogP contribution in [0.2, 0.25) is 0 Å². The molecule has 156 valence electrons. The van der Waals surface area contributed by atoms with Crippen molar-refractivity contribution in [1.82, 2.24) is 10.6 Å². The van der Waals surface area contributed by atoms with E-state index < -0.39 is 0 Å². The number of carbonyl (C=O) groups is 2. The number of rotatable bonds is 5. The van der Waals surface area contributed by atoms with E-state index in [0.29, 0.717) is 39.7 Å². The molecule has 2 aliphatic rings. The molecule has 0 spiro atoms. The number of benzene rings is 2. The predicted octanol–water partition coefficient (Wildman–Crippen LogP) is 1.35. The summed E-state index contributed by atoms with van der Waals surface area (Å²) in [7, 11) is 0. The summed E-state index contributed by atoms with van der Waals surface area (Å²) in [6.07, 6.45) is 3.39. The van der Waals surface area contributed by atoms with Crippen LogP contribution in [0.3, 0.4) is 0 Å². The minimum absolute atomic E-state index is 0.153. The van der Waals surface area contributed by atoms with Crippen LogP contribution in [0.1, 0.15) is 31.8 Å². The molecule has 31 heavy (non-hydrogen) atoms. The number of nitrogens with zero attached hydrogens (tertiary/aromatic N) is 1. The maximum absolute atomic E-state index is 12.8. The van der Waals surface area contributed by atoms with Gasteiger partial charge in [0.1, 0.15) is 0 Å². The number of amides is 1. The van der Waals surface area contributed by atoms with E-state index in [4.69, 9.17) is 11.6 Å². The van der Waals surface area contributed by atoms with E-state index in [1.165, 1.54) is 0 Å². The summed E-state index contributed by atoms with van der Waals surface area (Å²) in [4.78, 5) is 29.4. The van der Waals surface area contributed by atoms with Crippen LogP contribution in [0.15, 0.2) is 90.9 Å². The molecule has 0 atom stereocenters. The first-order chi connectivity index (χ1) is 15.0. The maximum atomic E-state index is 12.8. The number of halogens is 2. The van der Waals surface area contributed by atoms with Crippen LogP contribution < -0.4 is 31.8 Å². The van der Waals surface area contributed by atoms with Crippen molar-refractivity contribution >= 4 is 35.1 Å². The van der Waals surface area contributed by atoms with Gasteiger partial charge in [-0.2, -0.15) is 0 Å². The molecule has 0 radical (unpaired) electrons. The summed E-state index contributed by atoms with van der Waals surface area (Å²) in [5, 5.41) is 6.34. The molecule has 7 heteroatoms. The van der Waals surface area contributed by atoms with Crippen LogP contribution in [0.25, 0.3) is 5.57 Å². The van der Waals surface area contributed by atoms with Crippen molar-refractivity contribution in [1.29, 1.82) is 0 Å². The van der Waals surface area contributed by atoms with Gasteiger partial charge in [0.15, 0.2) is 0 Å². The van der Waals surface area contributed by atoms with Gasteiger partial charge in [0.2, 0.25) is 0 Å². The summed E-state index contributed by atoms with van der Waals surface area (Å²) in [5.74, 6) is -0.344. The van der Waals surface area contributed by atoms with Crippen molar-refractivity contribution < 1.29 is 30.8 Å². The molecule has 0 bridgehead atoms. The van der Waals surface area contributed by atoms with Gasteiger partial charge in [0.05, 0.1) is 0 Å². The van der Waals surface area contributed by atoms with Gasteiger partial charge >= 0.3 is 132 Å². The molecule has 0 saturated carbocycles. The van der Waals surface area contributed by atoms with Crippen LogP contribution >= 0.6 is 11.6 Å². The van der Waals surface area contributed by atoms with Crippen LogP contribution in [-0.2, 0) is 6.54 Å². The smallest absolute Gasteiger partial charge is 0.287 e. The minimum Gasteiger partial charge on any atom is -0.287 e. The molecule has 0 unspecified atom stereocenters. The van der Waals surface area contributed by atoms with Gasteiger partial charge in [-0.1, -0.05) is 42.4 Å². The van der Waals surface area contributed by atoms with Crippen molar-refractivity contribution in [2.75, 3.05) is 0 Å². The Balaban J connectivity index is 1.42. The number of nitrogens with one attached hydrogen (secondary N) is 2. The second kappa shape index (κ2) is 9.45. The fourth-order valence-electron chi connectivity index (χ4n) is 3.15. The predicted molar refractivity (Wildman–Crippen MR) is 119 cm³/mol. The average molecular weight is 543 g/mol. The number of allylic oxidation sites excluding steroid dienone is 4. The Morgan fingerprint density at radius 1 is 1.10 bits per heavy atom. The van der Waals surface area contributed by atoms with Gasteiger partial charge in [-0.15, -0.1) is 0 Å². The van der Waals surface area contributed by atoms with Crippen molar-refractivity contribution in [3.63, 3.8) is 0 Å². The molecule has 2 aromatic rings. The van der Waals surface area contributed by atoms with Gasteiger partial charge < -0.3 is 0 Å². The van der Waals surface area contributed by atoms with E-state index in [1.54, 1.807) is 30.6 Å². The molecule has 5 nitrogen and oxygen atoms in total. The van der Waals surface area contributed by atoms with Gasteiger partial charge in [-0.05, 0) is 11.1 Å². The van der Waals surface area contributed by atoms with E-state index in [9.17, 15) is 9.59 Å². The van der Waals surface area contributed by atoms with E-state index in [1.807, 2.05) is 38.5 Å². The monoisotopic (exact) mass is 542 g/mol. The molecule has 0 aromatic heterocycles. The van der Waals surface area contributed by atoms with Crippen molar-refractivity contribution in [3.8, 4) is 0 Å². The fraction of sp³-hybridized carbons (Fsp3) is 0.0417. The Hall–Kier alpha value is -2.97. The second-order valence-electron chi connectivity index (χ2n) is 6.79. The van der Waals surface area contributed by atoms with Gasteiger partial charge in [0.25, 0.3) is 0 Å². The van der Waals surface area contributed by atoms with Gasteiger partial charge in [0, 0.05) is 5.56 Å². The van der Waals surface area contributed by atoms with E-state index in [2.05, 4.69) is 22.2 Å². The van der Waals surface area contributed by atoms with Crippen LogP contribution in [0.4, 0.5) is 0 Å². The summed E-state index contributed by atoms with van der Waals surface area (Å²) in [6.45, 7) is 4.41. The number of ketones is 1. The number of hydrogen-bond acceptors (Lipinski definition) is 4. The summed E-state index contributed by atoms with van der Waals surface area (Å²) < 4.78 is 4.02. The molecule has 0 fully saturated rings. The zero-order valence-corrected chi connectivity index (χ0v) is 19.3. The summed E-state index contributed by atoms with van der Waals surface area (Å²) in [6, 6.07) is 14.5. The third-order valence-electron chi connectivity index (χ3n) is 4.76. The summed E-state index contributed by atoms with van der Waals surface area (Å²) >= 11 is 6.18. The van der Waals surface area contributed by atoms with Crippen molar-refractivity contribution in [2.24, 2.45) is 4.99 Å². The normalized spacial score (nSPS) is 15.6. The zero-order valence-electron chi connectivity index (χ0n) is 16.4. The average Bonchev–Trinajstić information content (AvgIpc) is 3.06. The van der Waals surface area contributed by atoms with Crippen molar-refractivity contribution in [2.45, 2.75) is 6.54 Å². The molecule has 1 aliphatic heterocycles. The molecule has 4 rings (SSSR count). The summed E-state index contributed by atoms with van der Waals surface area (Å²) in [5.41, 5.74) is 4.47. The van der Waals surface area contributed by atoms with E-state index in [-0.39, 0.29) is 32.9 Å². The Morgan fingerprint density at radius 2 is 1.84 bits per heavy atom. The Labute approximate surface area is 195 Å². The van der Waals surface area contributed by atoms with Gasteiger partial charge in [-0.25, -0.2) is 0 Å². The first kappa shape index (κ1) is 21.3.